The third-order valence-electron chi connectivity index (χ3n) is 4.97. The number of aryl methyl sites for hydroxylation is 1. The molecule has 0 spiro atoms. The fourth-order valence-corrected chi connectivity index (χ4v) is 4.29. The molecule has 0 aliphatic carbocycles. The Morgan fingerprint density at radius 2 is 2.00 bits per heavy atom. The number of aliphatic carboxylic acids is 1. The van der Waals surface area contributed by atoms with Gasteiger partial charge in [0, 0.05) is 11.8 Å². The lowest BCUT2D eigenvalue weighted by atomic mass is 9.93. The van der Waals surface area contributed by atoms with Crippen LogP contribution >= 0.6 is 23.1 Å². The Morgan fingerprint density at radius 1 is 1.19 bits per heavy atom. The van der Waals surface area contributed by atoms with Gasteiger partial charge in [-0.3, -0.25) is 9.78 Å². The van der Waals surface area contributed by atoms with Crippen molar-refractivity contribution in [1.82, 2.24) is 10.3 Å². The highest BCUT2D eigenvalue weighted by Gasteiger charge is 2.22. The average Bonchev–Trinajstić information content (AvgIpc) is 3.30. The molecule has 0 saturated carbocycles. The summed E-state index contributed by atoms with van der Waals surface area (Å²) in [5.74, 6) is -0.774. The van der Waals surface area contributed by atoms with Crippen LogP contribution in [-0.4, -0.2) is 40.0 Å². The van der Waals surface area contributed by atoms with Crippen molar-refractivity contribution in [2.75, 3.05) is 12.0 Å². The number of carbonyl (C=O) groups excluding carboxylic acids is 1. The van der Waals surface area contributed by atoms with Crippen molar-refractivity contribution in [3.05, 3.63) is 75.7 Å². The Kier molecular flexibility index (Phi) is 8.84. The summed E-state index contributed by atoms with van der Waals surface area (Å²) in [7, 11) is 0. The maximum absolute atomic E-state index is 13.1. The average molecular weight is 471 g/mol. The molecule has 168 valence electrons. The van der Waals surface area contributed by atoms with Crippen molar-refractivity contribution in [1.29, 1.82) is 0 Å². The predicted molar refractivity (Wildman–Crippen MR) is 129 cm³/mol. The van der Waals surface area contributed by atoms with Crippen LogP contribution in [0, 0.1) is 6.92 Å². The smallest absolute Gasteiger partial charge is 0.326 e. The highest BCUT2D eigenvalue weighted by molar-refractivity contribution is 7.98. The number of thioether (sulfide) groups is 1. The van der Waals surface area contributed by atoms with Crippen LogP contribution in [0.4, 0.5) is 0 Å². The van der Waals surface area contributed by atoms with Gasteiger partial charge >= 0.3 is 5.97 Å². The van der Waals surface area contributed by atoms with Crippen LogP contribution in [0.1, 0.15) is 32.8 Å². The first-order chi connectivity index (χ1) is 15.5. The minimum atomic E-state index is -1.03. The van der Waals surface area contributed by atoms with E-state index in [1.54, 1.807) is 40.9 Å². The van der Waals surface area contributed by atoms with Gasteiger partial charge < -0.3 is 15.2 Å². The summed E-state index contributed by atoms with van der Waals surface area (Å²) in [5.41, 5.74) is 5.86. The Hall–Kier alpha value is -2.68. The maximum atomic E-state index is 13.1. The largest absolute Gasteiger partial charge is 0.480 e. The number of ether oxygens (including phenoxy) is 1. The van der Waals surface area contributed by atoms with Gasteiger partial charge in [0.2, 0.25) is 0 Å². The number of nitrogens with zero attached hydrogens (tertiary/aromatic N) is 1. The molecule has 32 heavy (non-hydrogen) atoms. The van der Waals surface area contributed by atoms with Gasteiger partial charge in [0.15, 0.2) is 0 Å². The van der Waals surface area contributed by atoms with Crippen LogP contribution in [0.15, 0.2) is 54.2 Å². The summed E-state index contributed by atoms with van der Waals surface area (Å²) in [6, 6.07) is 12.4. The number of aromatic nitrogens is 1. The number of thiazole rings is 1. The van der Waals surface area contributed by atoms with Gasteiger partial charge in [-0.25, -0.2) is 4.79 Å². The van der Waals surface area contributed by atoms with E-state index in [2.05, 4.69) is 10.3 Å². The minimum Gasteiger partial charge on any atom is -0.480 e. The Morgan fingerprint density at radius 3 is 2.69 bits per heavy atom. The lowest BCUT2D eigenvalue weighted by molar-refractivity contribution is -0.139. The highest BCUT2D eigenvalue weighted by atomic mass is 32.2. The first-order valence-corrected chi connectivity index (χ1v) is 12.4. The molecule has 0 radical (unpaired) electrons. The van der Waals surface area contributed by atoms with E-state index in [0.29, 0.717) is 31.0 Å². The molecule has 3 rings (SSSR count). The van der Waals surface area contributed by atoms with Crippen LogP contribution in [-0.2, 0) is 22.7 Å². The van der Waals surface area contributed by atoms with Crippen molar-refractivity contribution >= 4 is 35.0 Å². The first kappa shape index (κ1) is 24.0. The molecule has 1 amide bonds. The van der Waals surface area contributed by atoms with E-state index in [9.17, 15) is 14.7 Å². The molecular formula is C24H26N2O4S2. The number of carboxylic acids is 1. The zero-order valence-electron chi connectivity index (χ0n) is 18.0. The van der Waals surface area contributed by atoms with Crippen LogP contribution in [0.3, 0.4) is 0 Å². The highest BCUT2D eigenvalue weighted by Crippen LogP contribution is 2.29. The summed E-state index contributed by atoms with van der Waals surface area (Å²) in [5, 5.41) is 12.2. The molecule has 6 nitrogen and oxygen atoms in total. The molecule has 8 heteroatoms. The van der Waals surface area contributed by atoms with Gasteiger partial charge in [-0.1, -0.05) is 30.3 Å². The first-order valence-electron chi connectivity index (χ1n) is 10.2. The molecule has 0 aliphatic heterocycles. The number of hydrogen-bond acceptors (Lipinski definition) is 6. The molecule has 0 bridgehead atoms. The van der Waals surface area contributed by atoms with E-state index in [-0.39, 0.29) is 0 Å². The van der Waals surface area contributed by atoms with Gasteiger partial charge in [-0.15, -0.1) is 11.3 Å². The molecule has 2 aromatic carbocycles. The number of amides is 1. The van der Waals surface area contributed by atoms with E-state index in [4.69, 9.17) is 4.74 Å². The van der Waals surface area contributed by atoms with Crippen LogP contribution in [0.5, 0.6) is 0 Å². The number of nitrogens with one attached hydrogen (secondary N) is 1. The van der Waals surface area contributed by atoms with Crippen molar-refractivity contribution in [2.24, 2.45) is 0 Å². The SMILES string of the molecule is CSCC[C@H](NC(=O)c1ccc(COCc2cncs2)cc1-c1ccccc1C)C(=O)O. The van der Waals surface area contributed by atoms with Crippen LogP contribution in [0.2, 0.25) is 0 Å². The third-order valence-corrected chi connectivity index (χ3v) is 6.37. The fraction of sp³-hybridized carbons (Fsp3) is 0.292. The predicted octanol–water partition coefficient (Wildman–Crippen LogP) is 4.77. The lowest BCUT2D eigenvalue weighted by Gasteiger charge is -2.17. The van der Waals surface area contributed by atoms with Crippen molar-refractivity contribution in [3.8, 4) is 11.1 Å². The van der Waals surface area contributed by atoms with Gasteiger partial charge in [-0.2, -0.15) is 11.8 Å². The number of benzene rings is 2. The van der Waals surface area contributed by atoms with Gasteiger partial charge in [-0.05, 0) is 59.7 Å². The molecule has 0 fully saturated rings. The molecule has 0 unspecified atom stereocenters. The zero-order valence-corrected chi connectivity index (χ0v) is 19.7. The maximum Gasteiger partial charge on any atom is 0.326 e. The third kappa shape index (κ3) is 6.41. The second kappa shape index (κ2) is 11.8. The molecule has 3 aromatic rings. The summed E-state index contributed by atoms with van der Waals surface area (Å²) in [4.78, 5) is 29.8. The fourth-order valence-electron chi connectivity index (χ4n) is 3.29. The van der Waals surface area contributed by atoms with Crippen molar-refractivity contribution in [2.45, 2.75) is 32.6 Å². The second-order valence-electron chi connectivity index (χ2n) is 7.30. The monoisotopic (exact) mass is 470 g/mol. The second-order valence-corrected chi connectivity index (χ2v) is 9.26. The van der Waals surface area contributed by atoms with E-state index in [1.807, 2.05) is 49.6 Å². The van der Waals surface area contributed by atoms with E-state index >= 15 is 0 Å². The molecule has 0 aliphatic rings. The molecule has 0 saturated heterocycles. The summed E-state index contributed by atoms with van der Waals surface area (Å²) in [6.45, 7) is 2.86. The molecule has 2 N–H and O–H groups in total. The van der Waals surface area contributed by atoms with E-state index < -0.39 is 17.9 Å². The number of carboxylic acid groups (broad SMARTS) is 1. The van der Waals surface area contributed by atoms with E-state index in [1.165, 1.54) is 0 Å². The van der Waals surface area contributed by atoms with Crippen molar-refractivity contribution < 1.29 is 19.4 Å². The Labute approximate surface area is 196 Å². The zero-order chi connectivity index (χ0) is 22.9. The lowest BCUT2D eigenvalue weighted by Crippen LogP contribution is -2.41. The molecular weight excluding hydrogens is 444 g/mol. The molecule has 1 heterocycles. The topological polar surface area (TPSA) is 88.5 Å². The van der Waals surface area contributed by atoms with Gasteiger partial charge in [0.05, 0.1) is 23.6 Å². The molecule has 1 atom stereocenters. The number of rotatable bonds is 11. The normalized spacial score (nSPS) is 11.8. The van der Waals surface area contributed by atoms with Crippen LogP contribution < -0.4 is 5.32 Å². The number of carbonyl (C=O) groups is 2. The van der Waals surface area contributed by atoms with E-state index in [0.717, 1.165) is 27.1 Å². The Balaban J connectivity index is 1.86. The van der Waals surface area contributed by atoms with Gasteiger partial charge in [0.1, 0.15) is 6.04 Å². The van der Waals surface area contributed by atoms with Crippen LogP contribution in [0.25, 0.3) is 11.1 Å². The summed E-state index contributed by atoms with van der Waals surface area (Å²) < 4.78 is 5.82. The quantitative estimate of drug-likeness (QED) is 0.420. The van der Waals surface area contributed by atoms with Crippen molar-refractivity contribution in [3.63, 3.8) is 0 Å². The Bertz CT molecular complexity index is 1050. The molecule has 1 aromatic heterocycles. The summed E-state index contributed by atoms with van der Waals surface area (Å²) in [6.07, 6.45) is 4.06. The number of hydrogen-bond donors (Lipinski definition) is 2. The standard InChI is InChI=1S/C24H26N2O4S2/c1-16-5-3-4-6-19(16)21-11-17(13-30-14-18-12-25-15-32-18)7-8-20(21)23(27)26-22(24(28)29)9-10-31-2/h3-8,11-12,15,22H,9-10,13-14H2,1-2H3,(H,26,27)(H,28,29)/t22-/m0/s1. The van der Waals surface area contributed by atoms with Gasteiger partial charge in [0.25, 0.3) is 5.91 Å². The summed E-state index contributed by atoms with van der Waals surface area (Å²) >= 11 is 3.09. The minimum absolute atomic E-state index is 0.367.